The fourth-order valence-electron chi connectivity index (χ4n) is 4.02. The molecule has 4 rings (SSSR count). The summed E-state index contributed by atoms with van der Waals surface area (Å²) in [4.78, 5) is 2.55. The molecule has 0 saturated carbocycles. The fraction of sp³-hybridized carbons (Fsp3) is 0.529. The van der Waals surface area contributed by atoms with Gasteiger partial charge in [-0.3, -0.25) is 4.90 Å². The summed E-state index contributed by atoms with van der Waals surface area (Å²) in [6.45, 7) is 5.38. The molecule has 1 fully saturated rings. The van der Waals surface area contributed by atoms with Crippen LogP contribution in [0.1, 0.15) is 40.4 Å². The maximum atomic E-state index is 4.26. The topological polar surface area (TPSA) is 29.0 Å². The van der Waals surface area contributed by atoms with E-state index in [2.05, 4.69) is 39.4 Å². The van der Waals surface area contributed by atoms with Gasteiger partial charge in [-0.1, -0.05) is 24.3 Å². The van der Waals surface area contributed by atoms with E-state index in [-0.39, 0.29) is 0 Å². The Bertz CT molecular complexity index is 641. The third kappa shape index (κ3) is 2.40. The summed E-state index contributed by atoms with van der Waals surface area (Å²) in [5.74, 6) is 0. The number of rotatable bonds is 2. The molecule has 2 aromatic rings. The molecule has 0 bridgehead atoms. The smallest absolute Gasteiger partial charge is 0.131 e. The predicted molar refractivity (Wildman–Crippen MR) is 85.6 cm³/mol. The van der Waals surface area contributed by atoms with Crippen LogP contribution in [0.2, 0.25) is 0 Å². The molecule has 0 atom stereocenters. The molecule has 0 amide bonds. The first-order chi connectivity index (χ1) is 10.3. The molecule has 4 heteroatoms. The van der Waals surface area contributed by atoms with Crippen molar-refractivity contribution in [1.82, 2.24) is 15.1 Å². The first kappa shape index (κ1) is 13.4. The third-order valence-corrected chi connectivity index (χ3v) is 6.02. The van der Waals surface area contributed by atoms with Gasteiger partial charge in [-0.05, 0) is 62.2 Å². The van der Waals surface area contributed by atoms with E-state index in [9.17, 15) is 0 Å². The predicted octanol–water partition coefficient (Wildman–Crippen LogP) is 3.33. The molecular formula is C17H21N3S. The monoisotopic (exact) mass is 299 g/mol. The van der Waals surface area contributed by atoms with E-state index in [1.54, 1.807) is 22.5 Å². The molecule has 1 aliphatic carbocycles. The second-order valence-electron chi connectivity index (χ2n) is 6.43. The minimum Gasteiger partial charge on any atom is -0.297 e. The maximum absolute atomic E-state index is 4.26. The number of hydrogen-bond donors (Lipinski definition) is 0. The van der Waals surface area contributed by atoms with E-state index in [1.165, 1.54) is 38.8 Å². The minimum absolute atomic E-state index is 0.462. The van der Waals surface area contributed by atoms with Crippen molar-refractivity contribution in [2.24, 2.45) is 0 Å². The van der Waals surface area contributed by atoms with Gasteiger partial charge in [-0.15, -0.1) is 21.5 Å². The minimum atomic E-state index is 0.462. The summed E-state index contributed by atoms with van der Waals surface area (Å²) in [7, 11) is 0. The van der Waals surface area contributed by atoms with E-state index in [1.807, 2.05) is 6.92 Å². The van der Waals surface area contributed by atoms with Crippen LogP contribution in [0.15, 0.2) is 24.3 Å². The molecule has 1 spiro atoms. The number of likely N-dealkylation sites (tertiary alicyclic amines) is 1. The van der Waals surface area contributed by atoms with Gasteiger partial charge in [0, 0.05) is 0 Å². The average Bonchev–Trinajstić information content (AvgIpc) is 3.07. The van der Waals surface area contributed by atoms with Crippen LogP contribution >= 0.6 is 11.3 Å². The van der Waals surface area contributed by atoms with Crippen molar-refractivity contribution >= 4 is 11.3 Å². The molecular weight excluding hydrogens is 278 g/mol. The summed E-state index contributed by atoms with van der Waals surface area (Å²) >= 11 is 1.73. The molecule has 1 aromatic heterocycles. The van der Waals surface area contributed by atoms with E-state index in [0.717, 1.165) is 16.6 Å². The summed E-state index contributed by atoms with van der Waals surface area (Å²) in [5, 5.41) is 10.6. The highest BCUT2D eigenvalue weighted by atomic mass is 32.1. The molecule has 110 valence electrons. The Morgan fingerprint density at radius 3 is 2.71 bits per heavy atom. The number of aryl methyl sites for hydroxylation is 2. The Kier molecular flexibility index (Phi) is 3.31. The zero-order chi connectivity index (χ0) is 14.3. The van der Waals surface area contributed by atoms with Crippen LogP contribution in [0.5, 0.6) is 0 Å². The molecule has 1 aliphatic heterocycles. The number of benzene rings is 1. The molecule has 21 heavy (non-hydrogen) atoms. The Hall–Kier alpha value is -1.26. The van der Waals surface area contributed by atoms with Crippen molar-refractivity contribution in [3.05, 3.63) is 45.4 Å². The lowest BCUT2D eigenvalue weighted by atomic mass is 9.74. The van der Waals surface area contributed by atoms with Crippen molar-refractivity contribution < 1.29 is 0 Å². The van der Waals surface area contributed by atoms with Gasteiger partial charge in [0.25, 0.3) is 0 Å². The van der Waals surface area contributed by atoms with Crippen LogP contribution in [0.25, 0.3) is 0 Å². The standard InChI is InChI=1S/C17H21N3S/c1-13-18-19-16(21-13)12-20-10-8-17(9-11-20)7-6-14-4-2-3-5-15(14)17/h2-5H,6-12H2,1H3. The van der Waals surface area contributed by atoms with Crippen LogP contribution in [0.3, 0.4) is 0 Å². The van der Waals surface area contributed by atoms with Gasteiger partial charge in [-0.2, -0.15) is 0 Å². The molecule has 1 aromatic carbocycles. The SMILES string of the molecule is Cc1nnc(CN2CCC3(CCc4ccccc43)CC2)s1. The van der Waals surface area contributed by atoms with Gasteiger partial charge in [-0.25, -0.2) is 0 Å². The lowest BCUT2D eigenvalue weighted by molar-refractivity contribution is 0.152. The van der Waals surface area contributed by atoms with Crippen LogP contribution in [0.4, 0.5) is 0 Å². The zero-order valence-corrected chi connectivity index (χ0v) is 13.3. The van der Waals surface area contributed by atoms with Crippen LogP contribution in [0, 0.1) is 6.92 Å². The zero-order valence-electron chi connectivity index (χ0n) is 12.5. The van der Waals surface area contributed by atoms with Crippen molar-refractivity contribution in [2.45, 2.75) is 44.6 Å². The van der Waals surface area contributed by atoms with Gasteiger partial charge < -0.3 is 0 Å². The first-order valence-electron chi connectivity index (χ1n) is 7.85. The summed E-state index contributed by atoms with van der Waals surface area (Å²) < 4.78 is 0. The lowest BCUT2D eigenvalue weighted by Crippen LogP contribution is -2.41. The molecule has 2 aliphatic rings. The van der Waals surface area contributed by atoms with E-state index in [0.29, 0.717) is 5.41 Å². The molecule has 1 saturated heterocycles. The Balaban J connectivity index is 1.45. The molecule has 0 unspecified atom stereocenters. The number of fused-ring (bicyclic) bond motifs is 2. The van der Waals surface area contributed by atoms with E-state index in [4.69, 9.17) is 0 Å². The normalized spacial score (nSPS) is 20.8. The Labute approximate surface area is 130 Å². The van der Waals surface area contributed by atoms with E-state index < -0.39 is 0 Å². The van der Waals surface area contributed by atoms with Gasteiger partial charge in [0.1, 0.15) is 10.0 Å². The van der Waals surface area contributed by atoms with Gasteiger partial charge in [0.15, 0.2) is 0 Å². The average molecular weight is 299 g/mol. The van der Waals surface area contributed by atoms with Crippen LogP contribution in [-0.4, -0.2) is 28.2 Å². The maximum Gasteiger partial charge on any atom is 0.131 e. The highest BCUT2D eigenvalue weighted by Gasteiger charge is 2.40. The van der Waals surface area contributed by atoms with E-state index >= 15 is 0 Å². The van der Waals surface area contributed by atoms with Gasteiger partial charge in [0.05, 0.1) is 6.54 Å². The number of nitrogens with zero attached hydrogens (tertiary/aromatic N) is 3. The second kappa shape index (κ2) is 5.18. The quantitative estimate of drug-likeness (QED) is 0.852. The number of piperidine rings is 1. The highest BCUT2D eigenvalue weighted by Crippen LogP contribution is 2.46. The summed E-state index contributed by atoms with van der Waals surface area (Å²) in [6, 6.07) is 9.08. The molecule has 0 radical (unpaired) electrons. The fourth-order valence-corrected chi connectivity index (χ4v) is 4.77. The number of aromatic nitrogens is 2. The lowest BCUT2D eigenvalue weighted by Gasteiger charge is -2.39. The Morgan fingerprint density at radius 1 is 1.14 bits per heavy atom. The Morgan fingerprint density at radius 2 is 1.95 bits per heavy atom. The first-order valence-corrected chi connectivity index (χ1v) is 8.67. The van der Waals surface area contributed by atoms with Crippen molar-refractivity contribution in [2.75, 3.05) is 13.1 Å². The second-order valence-corrected chi connectivity index (χ2v) is 7.69. The van der Waals surface area contributed by atoms with Crippen molar-refractivity contribution in [3.63, 3.8) is 0 Å². The number of hydrogen-bond acceptors (Lipinski definition) is 4. The van der Waals surface area contributed by atoms with Crippen molar-refractivity contribution in [1.29, 1.82) is 0 Å². The van der Waals surface area contributed by atoms with Gasteiger partial charge >= 0.3 is 0 Å². The molecule has 0 N–H and O–H groups in total. The summed E-state index contributed by atoms with van der Waals surface area (Å²) in [5.41, 5.74) is 3.69. The molecule has 3 nitrogen and oxygen atoms in total. The molecule has 2 heterocycles. The largest absolute Gasteiger partial charge is 0.297 e. The summed E-state index contributed by atoms with van der Waals surface area (Å²) in [6.07, 6.45) is 5.20. The van der Waals surface area contributed by atoms with Crippen molar-refractivity contribution in [3.8, 4) is 0 Å². The highest BCUT2D eigenvalue weighted by molar-refractivity contribution is 7.11. The van der Waals surface area contributed by atoms with Crippen LogP contribution in [-0.2, 0) is 18.4 Å². The third-order valence-electron chi connectivity index (χ3n) is 5.20. The van der Waals surface area contributed by atoms with Gasteiger partial charge in [0.2, 0.25) is 0 Å². The van der Waals surface area contributed by atoms with Crippen LogP contribution < -0.4 is 0 Å².